The van der Waals surface area contributed by atoms with Crippen molar-refractivity contribution >= 4 is 21.4 Å². The molecule has 0 unspecified atom stereocenters. The molecule has 1 aromatic heterocycles. The number of benzene rings is 1. The molecule has 6 nitrogen and oxygen atoms in total. The minimum atomic E-state index is -3.38. The fourth-order valence-corrected chi connectivity index (χ4v) is 2.33. The molecule has 0 aliphatic rings. The molecule has 0 fully saturated rings. The summed E-state index contributed by atoms with van der Waals surface area (Å²) in [7, 11) is -1.99. The molecular weight excluding hydrogens is 264 g/mol. The van der Waals surface area contributed by atoms with E-state index in [1.54, 1.807) is 30.5 Å². The van der Waals surface area contributed by atoms with Gasteiger partial charge < -0.3 is 5.32 Å². The first-order valence-electron chi connectivity index (χ1n) is 5.88. The Morgan fingerprint density at radius 3 is 2.42 bits per heavy atom. The van der Waals surface area contributed by atoms with Crippen LogP contribution in [-0.4, -0.2) is 25.2 Å². The Labute approximate surface area is 112 Å². The normalized spacial score (nSPS) is 11.5. The molecule has 2 N–H and O–H groups in total. The van der Waals surface area contributed by atoms with Gasteiger partial charge in [0.15, 0.2) is 0 Å². The highest BCUT2D eigenvalue weighted by molar-refractivity contribution is 7.89. The van der Waals surface area contributed by atoms with Crippen molar-refractivity contribution in [3.63, 3.8) is 0 Å². The molecule has 1 heterocycles. The molecule has 0 spiro atoms. The molecule has 102 valence electrons. The summed E-state index contributed by atoms with van der Waals surface area (Å²) in [6, 6.07) is 6.54. The minimum Gasteiger partial charge on any atom is -0.353 e. The molecule has 2 rings (SSSR count). The Kier molecular flexibility index (Phi) is 3.87. The fraction of sp³-hybridized carbons (Fsp3) is 0.250. The van der Waals surface area contributed by atoms with E-state index in [1.165, 1.54) is 7.05 Å². The molecule has 0 saturated heterocycles. The molecule has 7 heteroatoms. The largest absolute Gasteiger partial charge is 0.353 e. The number of hydrogen-bond donors (Lipinski definition) is 2. The number of sulfonamides is 1. The van der Waals surface area contributed by atoms with Gasteiger partial charge in [-0.15, -0.1) is 0 Å². The smallest absolute Gasteiger partial charge is 0.240 e. The highest BCUT2D eigenvalue weighted by Crippen LogP contribution is 2.18. The Morgan fingerprint density at radius 2 is 1.89 bits per heavy atom. The van der Waals surface area contributed by atoms with Crippen molar-refractivity contribution < 1.29 is 8.42 Å². The second-order valence-corrected chi connectivity index (χ2v) is 5.83. The minimum absolute atomic E-state index is 0.241. The van der Waals surface area contributed by atoms with E-state index >= 15 is 0 Å². The number of nitrogens with one attached hydrogen (secondary N) is 2. The summed E-state index contributed by atoms with van der Waals surface area (Å²) in [6.07, 6.45) is 3.61. The van der Waals surface area contributed by atoms with Crippen LogP contribution in [0.15, 0.2) is 41.6 Å². The van der Waals surface area contributed by atoms with E-state index in [0.29, 0.717) is 0 Å². The van der Waals surface area contributed by atoms with E-state index in [-0.39, 0.29) is 4.90 Å². The van der Waals surface area contributed by atoms with Crippen molar-refractivity contribution in [3.05, 3.63) is 36.7 Å². The zero-order chi connectivity index (χ0) is 13.9. The van der Waals surface area contributed by atoms with Crippen LogP contribution in [0, 0.1) is 0 Å². The zero-order valence-electron chi connectivity index (χ0n) is 10.8. The SMILES string of the molecule is CCn1cc(Nc2ccc(S(=O)(=O)NC)cc2)cn1. The van der Waals surface area contributed by atoms with E-state index in [1.807, 2.05) is 17.8 Å². The first-order chi connectivity index (χ1) is 9.05. The van der Waals surface area contributed by atoms with Crippen LogP contribution in [0.3, 0.4) is 0 Å². The van der Waals surface area contributed by atoms with Gasteiger partial charge in [0.25, 0.3) is 0 Å². The lowest BCUT2D eigenvalue weighted by atomic mass is 10.3. The Balaban J connectivity index is 2.15. The average Bonchev–Trinajstić information content (AvgIpc) is 2.87. The Bertz CT molecular complexity index is 647. The van der Waals surface area contributed by atoms with Gasteiger partial charge in [-0.3, -0.25) is 4.68 Å². The number of aryl methyl sites for hydroxylation is 1. The van der Waals surface area contributed by atoms with Crippen molar-refractivity contribution in [2.75, 3.05) is 12.4 Å². The van der Waals surface area contributed by atoms with Crippen molar-refractivity contribution in [1.29, 1.82) is 0 Å². The zero-order valence-corrected chi connectivity index (χ0v) is 11.6. The van der Waals surface area contributed by atoms with Crippen molar-refractivity contribution in [3.8, 4) is 0 Å². The summed E-state index contributed by atoms with van der Waals surface area (Å²) >= 11 is 0. The van der Waals surface area contributed by atoms with Gasteiger partial charge in [0.1, 0.15) is 0 Å². The molecule has 0 amide bonds. The molecule has 0 bridgehead atoms. The Morgan fingerprint density at radius 1 is 1.21 bits per heavy atom. The van der Waals surface area contributed by atoms with Crippen LogP contribution in [0.25, 0.3) is 0 Å². The maximum Gasteiger partial charge on any atom is 0.240 e. The molecular formula is C12H16N4O2S. The van der Waals surface area contributed by atoms with Crippen molar-refractivity contribution in [1.82, 2.24) is 14.5 Å². The summed E-state index contributed by atoms with van der Waals surface area (Å²) < 4.78 is 27.2. The second kappa shape index (κ2) is 5.41. The maximum atomic E-state index is 11.6. The number of aromatic nitrogens is 2. The first-order valence-corrected chi connectivity index (χ1v) is 7.36. The summed E-state index contributed by atoms with van der Waals surface area (Å²) in [6.45, 7) is 2.81. The molecule has 0 atom stereocenters. The summed E-state index contributed by atoms with van der Waals surface area (Å²) in [4.78, 5) is 0.241. The van der Waals surface area contributed by atoms with Gasteiger partial charge in [-0.2, -0.15) is 5.10 Å². The summed E-state index contributed by atoms with van der Waals surface area (Å²) in [5, 5.41) is 7.31. The average molecular weight is 280 g/mol. The summed E-state index contributed by atoms with van der Waals surface area (Å²) in [5.74, 6) is 0. The predicted octanol–water partition coefficient (Wildman–Crippen LogP) is 1.55. The van der Waals surface area contributed by atoms with Crippen molar-refractivity contribution in [2.45, 2.75) is 18.4 Å². The van der Waals surface area contributed by atoms with Gasteiger partial charge in [-0.1, -0.05) is 0 Å². The second-order valence-electron chi connectivity index (χ2n) is 3.94. The van der Waals surface area contributed by atoms with Gasteiger partial charge in [-0.05, 0) is 38.2 Å². The highest BCUT2D eigenvalue weighted by atomic mass is 32.2. The molecule has 2 aromatic rings. The van der Waals surface area contributed by atoms with Gasteiger partial charge in [-0.25, -0.2) is 13.1 Å². The quantitative estimate of drug-likeness (QED) is 0.871. The predicted molar refractivity (Wildman–Crippen MR) is 73.9 cm³/mol. The molecule has 0 radical (unpaired) electrons. The van der Waals surface area contributed by atoms with Crippen LogP contribution in [0.4, 0.5) is 11.4 Å². The lowest BCUT2D eigenvalue weighted by Crippen LogP contribution is -2.18. The van der Waals surface area contributed by atoms with Gasteiger partial charge in [0, 0.05) is 18.4 Å². The van der Waals surface area contributed by atoms with Crippen LogP contribution >= 0.6 is 0 Å². The van der Waals surface area contributed by atoms with E-state index in [4.69, 9.17) is 0 Å². The van der Waals surface area contributed by atoms with E-state index in [0.717, 1.165) is 17.9 Å². The van der Waals surface area contributed by atoms with E-state index < -0.39 is 10.0 Å². The van der Waals surface area contributed by atoms with Gasteiger partial charge in [0.2, 0.25) is 10.0 Å². The van der Waals surface area contributed by atoms with E-state index in [9.17, 15) is 8.42 Å². The molecule has 19 heavy (non-hydrogen) atoms. The number of nitrogens with zero attached hydrogens (tertiary/aromatic N) is 2. The monoisotopic (exact) mass is 280 g/mol. The van der Waals surface area contributed by atoms with Crippen LogP contribution < -0.4 is 10.0 Å². The van der Waals surface area contributed by atoms with Crippen LogP contribution in [0.2, 0.25) is 0 Å². The van der Waals surface area contributed by atoms with Crippen LogP contribution in [-0.2, 0) is 16.6 Å². The standard InChI is InChI=1S/C12H16N4O2S/c1-3-16-9-11(8-14-16)15-10-4-6-12(7-5-10)19(17,18)13-2/h4-9,13,15H,3H2,1-2H3. The molecule has 0 aliphatic heterocycles. The molecule has 1 aromatic carbocycles. The lowest BCUT2D eigenvalue weighted by Gasteiger charge is -2.05. The van der Waals surface area contributed by atoms with E-state index in [2.05, 4.69) is 15.1 Å². The first kappa shape index (κ1) is 13.6. The molecule has 0 saturated carbocycles. The highest BCUT2D eigenvalue weighted by Gasteiger charge is 2.10. The number of rotatable bonds is 5. The topological polar surface area (TPSA) is 76.0 Å². The van der Waals surface area contributed by atoms with Gasteiger partial charge >= 0.3 is 0 Å². The summed E-state index contributed by atoms with van der Waals surface area (Å²) in [5.41, 5.74) is 1.68. The van der Waals surface area contributed by atoms with Gasteiger partial charge in [0.05, 0.1) is 16.8 Å². The fourth-order valence-electron chi connectivity index (χ4n) is 1.60. The van der Waals surface area contributed by atoms with Crippen LogP contribution in [0.1, 0.15) is 6.92 Å². The third-order valence-electron chi connectivity index (χ3n) is 2.68. The number of anilines is 2. The third-order valence-corrected chi connectivity index (χ3v) is 4.11. The number of hydrogen-bond acceptors (Lipinski definition) is 4. The van der Waals surface area contributed by atoms with Crippen LogP contribution in [0.5, 0.6) is 0 Å². The third kappa shape index (κ3) is 3.12. The maximum absolute atomic E-state index is 11.6. The Hall–Kier alpha value is -1.86. The van der Waals surface area contributed by atoms with Crippen molar-refractivity contribution in [2.24, 2.45) is 0 Å². The molecule has 0 aliphatic carbocycles. The lowest BCUT2D eigenvalue weighted by molar-refractivity contribution is 0.588.